The van der Waals surface area contributed by atoms with Crippen molar-refractivity contribution in [2.75, 3.05) is 40.3 Å². The van der Waals surface area contributed by atoms with Gasteiger partial charge in [0.05, 0.1) is 0 Å². The van der Waals surface area contributed by atoms with Crippen molar-refractivity contribution in [1.29, 1.82) is 0 Å². The number of nitrogens with zero attached hydrogens (tertiary/aromatic N) is 2. The van der Waals surface area contributed by atoms with Gasteiger partial charge in [0.15, 0.2) is 0 Å². The maximum Gasteiger partial charge on any atom is 0.0453 e. The van der Waals surface area contributed by atoms with Gasteiger partial charge in [-0.25, -0.2) is 0 Å². The summed E-state index contributed by atoms with van der Waals surface area (Å²) >= 11 is 6.19. The van der Waals surface area contributed by atoms with Crippen LogP contribution in [0.1, 0.15) is 31.4 Å². The van der Waals surface area contributed by atoms with Crippen LogP contribution >= 0.6 is 11.6 Å². The first-order chi connectivity index (χ1) is 9.54. The van der Waals surface area contributed by atoms with Crippen LogP contribution in [-0.4, -0.2) is 50.1 Å². The number of halogens is 1. The van der Waals surface area contributed by atoms with Crippen LogP contribution in [-0.2, 0) is 0 Å². The van der Waals surface area contributed by atoms with Crippen LogP contribution in [0, 0.1) is 0 Å². The van der Waals surface area contributed by atoms with Crippen molar-refractivity contribution in [1.82, 2.24) is 9.80 Å². The van der Waals surface area contributed by atoms with Gasteiger partial charge in [0.2, 0.25) is 0 Å². The van der Waals surface area contributed by atoms with E-state index >= 15 is 0 Å². The van der Waals surface area contributed by atoms with Crippen molar-refractivity contribution in [2.24, 2.45) is 5.73 Å². The van der Waals surface area contributed by atoms with Gasteiger partial charge in [0, 0.05) is 11.1 Å². The lowest BCUT2D eigenvalue weighted by atomic mass is 10.0. The molecule has 2 N–H and O–H groups in total. The molecule has 3 nitrogen and oxygen atoms in total. The normalized spacial score (nSPS) is 13.2. The molecule has 0 saturated carbocycles. The number of hydrogen-bond acceptors (Lipinski definition) is 3. The van der Waals surface area contributed by atoms with Gasteiger partial charge in [-0.1, -0.05) is 36.7 Å². The Morgan fingerprint density at radius 3 is 2.45 bits per heavy atom. The third kappa shape index (κ3) is 6.23. The van der Waals surface area contributed by atoms with E-state index in [1.165, 1.54) is 6.42 Å². The summed E-state index contributed by atoms with van der Waals surface area (Å²) in [7, 11) is 4.23. The van der Waals surface area contributed by atoms with Crippen LogP contribution < -0.4 is 5.73 Å². The van der Waals surface area contributed by atoms with Gasteiger partial charge in [0.1, 0.15) is 0 Å². The number of hydrogen-bond donors (Lipinski definition) is 1. The van der Waals surface area contributed by atoms with Crippen LogP contribution in [0.4, 0.5) is 0 Å². The van der Waals surface area contributed by atoms with Crippen molar-refractivity contribution in [2.45, 2.75) is 25.8 Å². The molecule has 1 aromatic carbocycles. The van der Waals surface area contributed by atoms with Crippen LogP contribution in [0.3, 0.4) is 0 Å². The summed E-state index contributed by atoms with van der Waals surface area (Å²) in [5.41, 5.74) is 7.31. The number of rotatable bonds is 9. The van der Waals surface area contributed by atoms with E-state index in [4.69, 9.17) is 17.3 Å². The maximum absolute atomic E-state index is 6.26. The molecule has 1 aromatic rings. The Hall–Kier alpha value is -0.610. The molecule has 1 atom stereocenters. The average molecular weight is 298 g/mol. The SMILES string of the molecule is CCN(CCCN(C)C)CCC(N)c1ccccc1Cl. The summed E-state index contributed by atoms with van der Waals surface area (Å²) in [6.45, 7) is 6.56. The second-order valence-electron chi connectivity index (χ2n) is 5.51. The van der Waals surface area contributed by atoms with Crippen molar-refractivity contribution in [3.05, 3.63) is 34.9 Å². The molecular formula is C16H28ClN3. The molecule has 0 aromatic heterocycles. The summed E-state index contributed by atoms with van der Waals surface area (Å²) in [5, 5.41) is 0.774. The minimum absolute atomic E-state index is 0.0200. The molecule has 0 heterocycles. The van der Waals surface area contributed by atoms with Crippen LogP contribution in [0.15, 0.2) is 24.3 Å². The van der Waals surface area contributed by atoms with Crippen LogP contribution in [0.5, 0.6) is 0 Å². The molecule has 4 heteroatoms. The molecule has 0 spiro atoms. The van der Waals surface area contributed by atoms with Crippen molar-refractivity contribution in [3.63, 3.8) is 0 Å². The molecule has 0 radical (unpaired) electrons. The largest absolute Gasteiger partial charge is 0.324 e. The van der Waals surface area contributed by atoms with E-state index in [2.05, 4.69) is 30.8 Å². The third-order valence-electron chi connectivity index (χ3n) is 3.59. The summed E-state index contributed by atoms with van der Waals surface area (Å²) < 4.78 is 0. The lowest BCUT2D eigenvalue weighted by molar-refractivity contribution is 0.257. The van der Waals surface area contributed by atoms with E-state index in [0.717, 1.165) is 43.2 Å². The fraction of sp³-hybridized carbons (Fsp3) is 0.625. The summed E-state index contributed by atoms with van der Waals surface area (Å²) in [5.74, 6) is 0. The van der Waals surface area contributed by atoms with E-state index < -0.39 is 0 Å². The lowest BCUT2D eigenvalue weighted by Gasteiger charge is -2.23. The highest BCUT2D eigenvalue weighted by molar-refractivity contribution is 6.31. The Bertz CT molecular complexity index is 382. The van der Waals surface area contributed by atoms with Crippen LogP contribution in [0.25, 0.3) is 0 Å². The second-order valence-corrected chi connectivity index (χ2v) is 5.91. The van der Waals surface area contributed by atoms with Crippen LogP contribution in [0.2, 0.25) is 5.02 Å². The zero-order valence-corrected chi connectivity index (χ0v) is 13.7. The zero-order chi connectivity index (χ0) is 15.0. The Labute approximate surface area is 128 Å². The van der Waals surface area contributed by atoms with Crippen molar-refractivity contribution >= 4 is 11.6 Å². The highest BCUT2D eigenvalue weighted by Gasteiger charge is 2.11. The second kappa shape index (κ2) is 9.35. The molecule has 114 valence electrons. The standard InChI is InChI=1S/C16H28ClN3/c1-4-20(12-7-11-19(2)3)13-10-16(18)14-8-5-6-9-15(14)17/h5-6,8-9,16H,4,7,10-13,18H2,1-3H3. The van der Waals surface area contributed by atoms with Gasteiger partial charge < -0.3 is 15.5 Å². The fourth-order valence-electron chi connectivity index (χ4n) is 2.29. The summed E-state index contributed by atoms with van der Waals surface area (Å²) in [6.07, 6.45) is 2.14. The molecule has 0 saturated heterocycles. The van der Waals surface area contributed by atoms with Gasteiger partial charge in [-0.3, -0.25) is 0 Å². The Morgan fingerprint density at radius 1 is 1.15 bits per heavy atom. The highest BCUT2D eigenvalue weighted by atomic mass is 35.5. The van der Waals surface area contributed by atoms with E-state index in [9.17, 15) is 0 Å². The van der Waals surface area contributed by atoms with Gasteiger partial charge in [0.25, 0.3) is 0 Å². The van der Waals surface area contributed by atoms with Gasteiger partial charge >= 0.3 is 0 Å². The van der Waals surface area contributed by atoms with Crippen molar-refractivity contribution in [3.8, 4) is 0 Å². The molecule has 0 aliphatic carbocycles. The molecular weight excluding hydrogens is 270 g/mol. The Balaban J connectivity index is 2.38. The minimum atomic E-state index is 0.0200. The van der Waals surface area contributed by atoms with Gasteiger partial charge in [-0.05, 0) is 64.7 Å². The van der Waals surface area contributed by atoms with Gasteiger partial charge in [-0.15, -0.1) is 0 Å². The quantitative estimate of drug-likeness (QED) is 0.760. The molecule has 0 aliphatic heterocycles. The third-order valence-corrected chi connectivity index (χ3v) is 3.93. The Morgan fingerprint density at radius 2 is 1.85 bits per heavy atom. The monoisotopic (exact) mass is 297 g/mol. The molecule has 1 unspecified atom stereocenters. The molecule has 0 aliphatic rings. The summed E-state index contributed by atoms with van der Waals surface area (Å²) in [4.78, 5) is 4.68. The Kier molecular flexibility index (Phi) is 8.15. The predicted octanol–water partition coefficient (Wildman–Crippen LogP) is 3.00. The first-order valence-corrected chi connectivity index (χ1v) is 7.79. The maximum atomic E-state index is 6.26. The lowest BCUT2D eigenvalue weighted by Crippen LogP contribution is -2.30. The molecule has 20 heavy (non-hydrogen) atoms. The molecule has 0 bridgehead atoms. The minimum Gasteiger partial charge on any atom is -0.324 e. The number of nitrogens with two attached hydrogens (primary N) is 1. The first-order valence-electron chi connectivity index (χ1n) is 7.41. The van der Waals surface area contributed by atoms with E-state index in [1.807, 2.05) is 24.3 Å². The topological polar surface area (TPSA) is 32.5 Å². The molecule has 0 amide bonds. The van der Waals surface area contributed by atoms with Crippen molar-refractivity contribution < 1.29 is 0 Å². The molecule has 1 rings (SSSR count). The first kappa shape index (κ1) is 17.4. The zero-order valence-electron chi connectivity index (χ0n) is 13.0. The highest BCUT2D eigenvalue weighted by Crippen LogP contribution is 2.23. The van der Waals surface area contributed by atoms with Gasteiger partial charge in [-0.2, -0.15) is 0 Å². The summed E-state index contributed by atoms with van der Waals surface area (Å²) in [6, 6.07) is 7.89. The van der Waals surface area contributed by atoms with E-state index in [0.29, 0.717) is 0 Å². The molecule has 0 fully saturated rings. The van der Waals surface area contributed by atoms with E-state index in [-0.39, 0.29) is 6.04 Å². The van der Waals surface area contributed by atoms with E-state index in [1.54, 1.807) is 0 Å². The smallest absolute Gasteiger partial charge is 0.0453 e. The predicted molar refractivity (Wildman–Crippen MR) is 88.3 cm³/mol. The number of benzene rings is 1. The fourth-order valence-corrected chi connectivity index (χ4v) is 2.57. The average Bonchev–Trinajstić information content (AvgIpc) is 2.42.